The molecular formula is C18H15N5O3. The number of nitrogens with zero attached hydrogens (tertiary/aromatic N) is 3. The maximum atomic E-state index is 12.6. The van der Waals surface area contributed by atoms with Crippen molar-refractivity contribution < 1.29 is 13.9 Å². The van der Waals surface area contributed by atoms with Gasteiger partial charge >= 0.3 is 0 Å². The minimum absolute atomic E-state index is 0.0710. The summed E-state index contributed by atoms with van der Waals surface area (Å²) in [6.07, 6.45) is 0. The number of rotatable bonds is 5. The molecule has 0 spiro atoms. The average molecular weight is 349 g/mol. The highest BCUT2D eigenvalue weighted by Gasteiger charge is 2.24. The van der Waals surface area contributed by atoms with Crippen molar-refractivity contribution in [2.45, 2.75) is 6.92 Å². The Balaban J connectivity index is 1.85. The second kappa shape index (κ2) is 6.67. The summed E-state index contributed by atoms with van der Waals surface area (Å²) in [6, 6.07) is 15.5. The molecule has 0 bridgehead atoms. The van der Waals surface area contributed by atoms with E-state index in [9.17, 15) is 4.79 Å². The van der Waals surface area contributed by atoms with Crippen molar-refractivity contribution in [1.29, 1.82) is 0 Å². The molecule has 4 rings (SSSR count). The standard InChI is InChI=1S/C18H15N5O3/c1-2-25-15-13-10-6-9-12(11-7-4-3-5-8-11)14(13)26-16(15)17(24)19-18-20-22-23-21-18/h3-10H,2H2,1H3,(H2,19,20,21,22,23,24). The van der Waals surface area contributed by atoms with Crippen LogP contribution in [-0.2, 0) is 0 Å². The zero-order chi connectivity index (χ0) is 17.9. The molecule has 0 unspecified atom stereocenters. The zero-order valence-corrected chi connectivity index (χ0v) is 13.9. The number of nitrogens with one attached hydrogen (secondary N) is 2. The zero-order valence-electron chi connectivity index (χ0n) is 13.9. The van der Waals surface area contributed by atoms with Gasteiger partial charge in [0, 0.05) is 5.56 Å². The molecule has 0 fully saturated rings. The van der Waals surface area contributed by atoms with Gasteiger partial charge in [0.25, 0.3) is 5.91 Å². The van der Waals surface area contributed by atoms with Gasteiger partial charge in [0.1, 0.15) is 5.58 Å². The summed E-state index contributed by atoms with van der Waals surface area (Å²) >= 11 is 0. The Kier molecular flexibility index (Phi) is 4.06. The molecule has 0 aliphatic carbocycles. The molecule has 8 heteroatoms. The molecule has 130 valence electrons. The molecule has 0 saturated carbocycles. The van der Waals surface area contributed by atoms with E-state index in [4.69, 9.17) is 9.15 Å². The van der Waals surface area contributed by atoms with Gasteiger partial charge in [-0.15, -0.1) is 0 Å². The number of fused-ring (bicyclic) bond motifs is 1. The van der Waals surface area contributed by atoms with Crippen molar-refractivity contribution in [3.8, 4) is 16.9 Å². The number of amides is 1. The minimum atomic E-state index is -0.498. The Morgan fingerprint density at radius 3 is 2.77 bits per heavy atom. The van der Waals surface area contributed by atoms with Gasteiger partial charge in [0.15, 0.2) is 5.75 Å². The van der Waals surface area contributed by atoms with Crippen LogP contribution >= 0.6 is 0 Å². The summed E-state index contributed by atoms with van der Waals surface area (Å²) < 4.78 is 11.6. The molecule has 0 aliphatic heterocycles. The molecule has 1 amide bonds. The third-order valence-corrected chi connectivity index (χ3v) is 3.83. The number of carbonyl (C=O) groups is 1. The Bertz CT molecular complexity index is 1040. The van der Waals surface area contributed by atoms with E-state index >= 15 is 0 Å². The van der Waals surface area contributed by atoms with E-state index in [-0.39, 0.29) is 11.7 Å². The van der Waals surface area contributed by atoms with Crippen LogP contribution < -0.4 is 10.1 Å². The van der Waals surface area contributed by atoms with Gasteiger partial charge < -0.3 is 9.15 Å². The number of hydrogen-bond acceptors (Lipinski definition) is 6. The Morgan fingerprint density at radius 2 is 2.04 bits per heavy atom. The topological polar surface area (TPSA) is 106 Å². The van der Waals surface area contributed by atoms with Gasteiger partial charge in [-0.3, -0.25) is 10.1 Å². The number of aromatic amines is 1. The number of anilines is 1. The molecule has 0 aliphatic rings. The summed E-state index contributed by atoms with van der Waals surface area (Å²) in [5, 5.41) is 16.3. The van der Waals surface area contributed by atoms with Gasteiger partial charge in [0.05, 0.1) is 12.0 Å². The fraction of sp³-hybridized carbons (Fsp3) is 0.111. The van der Waals surface area contributed by atoms with Crippen LogP contribution in [0.4, 0.5) is 5.95 Å². The number of carbonyl (C=O) groups excluding carboxylic acids is 1. The molecule has 8 nitrogen and oxygen atoms in total. The highest BCUT2D eigenvalue weighted by molar-refractivity contribution is 6.09. The minimum Gasteiger partial charge on any atom is -0.489 e. The normalized spacial score (nSPS) is 10.8. The van der Waals surface area contributed by atoms with Crippen molar-refractivity contribution in [3.05, 3.63) is 54.3 Å². The third-order valence-electron chi connectivity index (χ3n) is 3.83. The number of para-hydroxylation sites is 1. The Hall–Kier alpha value is -3.68. The van der Waals surface area contributed by atoms with Crippen molar-refractivity contribution in [1.82, 2.24) is 20.6 Å². The van der Waals surface area contributed by atoms with Crippen LogP contribution in [0.3, 0.4) is 0 Å². The number of benzene rings is 2. The predicted octanol–water partition coefficient (Wildman–Crippen LogP) is 3.26. The fourth-order valence-corrected chi connectivity index (χ4v) is 2.76. The van der Waals surface area contributed by atoms with E-state index in [0.717, 1.165) is 16.5 Å². The van der Waals surface area contributed by atoms with E-state index < -0.39 is 5.91 Å². The van der Waals surface area contributed by atoms with Crippen LogP contribution in [0.2, 0.25) is 0 Å². The van der Waals surface area contributed by atoms with Gasteiger partial charge in [0.2, 0.25) is 11.7 Å². The highest BCUT2D eigenvalue weighted by Crippen LogP contribution is 2.39. The monoisotopic (exact) mass is 349 g/mol. The van der Waals surface area contributed by atoms with Crippen molar-refractivity contribution in [2.24, 2.45) is 0 Å². The number of H-pyrrole nitrogens is 1. The van der Waals surface area contributed by atoms with E-state index in [0.29, 0.717) is 17.9 Å². The second-order valence-corrected chi connectivity index (χ2v) is 5.45. The van der Waals surface area contributed by atoms with Crippen molar-refractivity contribution in [2.75, 3.05) is 11.9 Å². The van der Waals surface area contributed by atoms with Crippen LogP contribution in [0, 0.1) is 0 Å². The lowest BCUT2D eigenvalue weighted by molar-refractivity contribution is 0.0993. The van der Waals surface area contributed by atoms with Crippen LogP contribution in [0.1, 0.15) is 17.5 Å². The molecule has 0 saturated heterocycles. The first-order chi connectivity index (χ1) is 12.8. The van der Waals surface area contributed by atoms with Crippen molar-refractivity contribution in [3.63, 3.8) is 0 Å². The number of tetrazole rings is 1. The Morgan fingerprint density at radius 1 is 1.19 bits per heavy atom. The van der Waals surface area contributed by atoms with Gasteiger partial charge in [-0.05, 0) is 29.0 Å². The molecule has 2 aromatic heterocycles. The number of aromatic nitrogens is 4. The highest BCUT2D eigenvalue weighted by atomic mass is 16.5. The molecule has 0 radical (unpaired) electrons. The van der Waals surface area contributed by atoms with E-state index in [1.165, 1.54) is 0 Å². The lowest BCUT2D eigenvalue weighted by Gasteiger charge is -2.03. The quantitative estimate of drug-likeness (QED) is 0.573. The molecule has 2 aromatic carbocycles. The first-order valence-corrected chi connectivity index (χ1v) is 8.06. The lowest BCUT2D eigenvalue weighted by Crippen LogP contribution is -2.13. The van der Waals surface area contributed by atoms with Crippen LogP contribution in [0.25, 0.3) is 22.1 Å². The van der Waals surface area contributed by atoms with Gasteiger partial charge in [-0.1, -0.05) is 47.6 Å². The van der Waals surface area contributed by atoms with Gasteiger partial charge in [-0.2, -0.15) is 0 Å². The lowest BCUT2D eigenvalue weighted by atomic mass is 10.0. The smallest absolute Gasteiger partial charge is 0.297 e. The number of hydrogen-bond donors (Lipinski definition) is 2. The second-order valence-electron chi connectivity index (χ2n) is 5.45. The van der Waals surface area contributed by atoms with E-state index in [2.05, 4.69) is 25.9 Å². The third kappa shape index (κ3) is 2.77. The maximum Gasteiger partial charge on any atom is 0.297 e. The summed E-state index contributed by atoms with van der Waals surface area (Å²) in [4.78, 5) is 12.6. The predicted molar refractivity (Wildman–Crippen MR) is 94.9 cm³/mol. The average Bonchev–Trinajstić information content (AvgIpc) is 3.31. The molecule has 2 heterocycles. The summed E-state index contributed by atoms with van der Waals surface area (Å²) in [5.41, 5.74) is 2.45. The van der Waals surface area contributed by atoms with Gasteiger partial charge in [-0.25, -0.2) is 5.10 Å². The van der Waals surface area contributed by atoms with Crippen LogP contribution in [0.15, 0.2) is 52.9 Å². The molecule has 2 N–H and O–H groups in total. The molecule has 0 atom stereocenters. The summed E-state index contributed by atoms with van der Waals surface area (Å²) in [7, 11) is 0. The van der Waals surface area contributed by atoms with E-state index in [1.807, 2.05) is 55.5 Å². The first kappa shape index (κ1) is 15.8. The number of furan rings is 1. The summed E-state index contributed by atoms with van der Waals surface area (Å²) in [6.45, 7) is 2.25. The largest absolute Gasteiger partial charge is 0.489 e. The molecule has 4 aromatic rings. The van der Waals surface area contributed by atoms with E-state index in [1.54, 1.807) is 0 Å². The fourth-order valence-electron chi connectivity index (χ4n) is 2.76. The molecule has 26 heavy (non-hydrogen) atoms. The first-order valence-electron chi connectivity index (χ1n) is 8.06. The van der Waals surface area contributed by atoms with Crippen LogP contribution in [0.5, 0.6) is 5.75 Å². The maximum absolute atomic E-state index is 12.6. The summed E-state index contributed by atoms with van der Waals surface area (Å²) in [5.74, 6) is 0.0929. The van der Waals surface area contributed by atoms with Crippen LogP contribution in [-0.4, -0.2) is 33.1 Å². The SMILES string of the molecule is CCOc1c(C(=O)Nc2nnn[nH]2)oc2c(-c3ccccc3)cccc12. The Labute approximate surface area is 148 Å². The van der Waals surface area contributed by atoms with Crippen molar-refractivity contribution >= 4 is 22.8 Å². The number of ether oxygens (including phenoxy) is 1. The molecular weight excluding hydrogens is 334 g/mol.